The molecule has 0 saturated carbocycles. The minimum atomic E-state index is 0.612. The Morgan fingerprint density at radius 2 is 2.15 bits per heavy atom. The van der Waals surface area contributed by atoms with E-state index in [2.05, 4.69) is 58.5 Å². The van der Waals surface area contributed by atoms with Gasteiger partial charge in [0.15, 0.2) is 0 Å². The third-order valence-electron chi connectivity index (χ3n) is 4.21. The zero-order valence-electron chi connectivity index (χ0n) is 13.1. The van der Waals surface area contributed by atoms with E-state index in [9.17, 15) is 0 Å². The Kier molecular flexibility index (Phi) is 5.64. The third kappa shape index (κ3) is 3.26. The molecular weight excluding hydrogens is 316 g/mol. The van der Waals surface area contributed by atoms with Gasteiger partial charge in [0.05, 0.1) is 15.9 Å². The van der Waals surface area contributed by atoms with Crippen LogP contribution in [0.25, 0.3) is 0 Å². The van der Waals surface area contributed by atoms with Gasteiger partial charge in [-0.2, -0.15) is 5.10 Å². The van der Waals surface area contributed by atoms with Gasteiger partial charge in [0, 0.05) is 38.8 Å². The molecule has 1 fully saturated rings. The van der Waals surface area contributed by atoms with Crippen molar-refractivity contribution in [3.05, 3.63) is 15.9 Å². The summed E-state index contributed by atoms with van der Waals surface area (Å²) in [6.07, 6.45) is 0.982. The largest absolute Gasteiger partial charge is 0.314 e. The second-order valence-corrected chi connectivity index (χ2v) is 6.66. The average molecular weight is 343 g/mol. The normalized spacial score (nSPS) is 20.8. The molecule has 0 aliphatic carbocycles. The highest BCUT2D eigenvalue weighted by Gasteiger charge is 2.27. The predicted octanol–water partition coefficient (Wildman–Crippen LogP) is 2.66. The lowest BCUT2D eigenvalue weighted by atomic mass is 10.0. The van der Waals surface area contributed by atoms with E-state index in [-0.39, 0.29) is 0 Å². The van der Waals surface area contributed by atoms with Gasteiger partial charge in [-0.05, 0) is 35.2 Å². The summed E-state index contributed by atoms with van der Waals surface area (Å²) in [6.45, 7) is 14.2. The highest BCUT2D eigenvalue weighted by molar-refractivity contribution is 9.10. The smallest absolute Gasteiger partial charge is 0.0767 e. The van der Waals surface area contributed by atoms with Gasteiger partial charge in [0.1, 0.15) is 0 Å². The van der Waals surface area contributed by atoms with E-state index in [1.165, 1.54) is 15.9 Å². The highest BCUT2D eigenvalue weighted by Crippen LogP contribution is 2.25. The molecule has 1 aromatic rings. The van der Waals surface area contributed by atoms with Crippen LogP contribution in [0.15, 0.2) is 4.47 Å². The van der Waals surface area contributed by atoms with Gasteiger partial charge >= 0.3 is 0 Å². The molecule has 1 unspecified atom stereocenters. The predicted molar refractivity (Wildman–Crippen MR) is 86.9 cm³/mol. The summed E-state index contributed by atoms with van der Waals surface area (Å²) in [6, 6.07) is 0.612. The maximum Gasteiger partial charge on any atom is 0.0767 e. The van der Waals surface area contributed by atoms with Crippen molar-refractivity contribution in [2.24, 2.45) is 5.92 Å². The first-order chi connectivity index (χ1) is 9.58. The van der Waals surface area contributed by atoms with Crippen molar-refractivity contribution in [1.82, 2.24) is 20.0 Å². The zero-order chi connectivity index (χ0) is 14.7. The lowest BCUT2D eigenvalue weighted by Crippen LogP contribution is -2.53. The molecule has 4 nitrogen and oxygen atoms in total. The van der Waals surface area contributed by atoms with Crippen LogP contribution in [0, 0.1) is 5.92 Å². The maximum absolute atomic E-state index is 4.71. The van der Waals surface area contributed by atoms with Crippen LogP contribution in [0.1, 0.15) is 39.1 Å². The molecule has 1 atom stereocenters. The molecule has 5 heteroatoms. The van der Waals surface area contributed by atoms with Crippen LogP contribution in [0.4, 0.5) is 0 Å². The second kappa shape index (κ2) is 7.05. The van der Waals surface area contributed by atoms with Crippen LogP contribution in [-0.4, -0.2) is 40.4 Å². The molecule has 0 spiro atoms. The molecule has 1 aliphatic heterocycles. The molecule has 1 aliphatic rings. The fraction of sp³-hybridized carbons (Fsp3) is 0.800. The van der Waals surface area contributed by atoms with Crippen LogP contribution in [0.3, 0.4) is 0 Å². The molecule has 0 bridgehead atoms. The van der Waals surface area contributed by atoms with Crippen molar-refractivity contribution >= 4 is 15.9 Å². The Morgan fingerprint density at radius 3 is 2.75 bits per heavy atom. The van der Waals surface area contributed by atoms with Crippen molar-refractivity contribution in [1.29, 1.82) is 0 Å². The minimum Gasteiger partial charge on any atom is -0.314 e. The summed E-state index contributed by atoms with van der Waals surface area (Å²) < 4.78 is 3.37. The Balaban J connectivity index is 2.21. The van der Waals surface area contributed by atoms with Gasteiger partial charge in [-0.1, -0.05) is 20.8 Å². The SMILES string of the molecule is CCc1nn(CC)c(CN2CCNCC2C(C)C)c1Br. The molecule has 0 aromatic carbocycles. The van der Waals surface area contributed by atoms with Crippen molar-refractivity contribution < 1.29 is 0 Å². The molecule has 20 heavy (non-hydrogen) atoms. The monoisotopic (exact) mass is 342 g/mol. The van der Waals surface area contributed by atoms with E-state index in [1.54, 1.807) is 0 Å². The lowest BCUT2D eigenvalue weighted by Gasteiger charge is -2.38. The van der Waals surface area contributed by atoms with E-state index in [1.807, 2.05) is 0 Å². The Hall–Kier alpha value is -0.390. The van der Waals surface area contributed by atoms with Gasteiger partial charge in [0.2, 0.25) is 0 Å². The molecular formula is C15H27BrN4. The summed E-state index contributed by atoms with van der Waals surface area (Å²) in [5.74, 6) is 0.671. The van der Waals surface area contributed by atoms with E-state index in [4.69, 9.17) is 5.10 Å². The number of hydrogen-bond donors (Lipinski definition) is 1. The number of aryl methyl sites for hydroxylation is 2. The van der Waals surface area contributed by atoms with Crippen molar-refractivity contribution in [3.8, 4) is 0 Å². The molecule has 2 rings (SSSR count). The number of rotatable bonds is 5. The third-order valence-corrected chi connectivity index (χ3v) is 5.13. The average Bonchev–Trinajstić information content (AvgIpc) is 2.75. The van der Waals surface area contributed by atoms with Crippen LogP contribution >= 0.6 is 15.9 Å². The topological polar surface area (TPSA) is 33.1 Å². The Bertz CT molecular complexity index is 441. The summed E-state index contributed by atoms with van der Waals surface area (Å²) in [5.41, 5.74) is 2.51. The summed E-state index contributed by atoms with van der Waals surface area (Å²) >= 11 is 3.76. The van der Waals surface area contributed by atoms with E-state index >= 15 is 0 Å². The standard InChI is InChI=1S/C15H27BrN4/c1-5-12-15(16)14(20(6-2)18-12)10-19-8-7-17-9-13(19)11(3)4/h11,13,17H,5-10H2,1-4H3. The number of halogens is 1. The molecule has 114 valence electrons. The number of aromatic nitrogens is 2. The Labute approximate surface area is 131 Å². The van der Waals surface area contributed by atoms with Crippen LogP contribution in [0.5, 0.6) is 0 Å². The van der Waals surface area contributed by atoms with Crippen LogP contribution in [0.2, 0.25) is 0 Å². The van der Waals surface area contributed by atoms with Crippen molar-refractivity contribution in [3.63, 3.8) is 0 Å². The van der Waals surface area contributed by atoms with Gasteiger partial charge in [-0.3, -0.25) is 9.58 Å². The molecule has 0 amide bonds. The fourth-order valence-electron chi connectivity index (χ4n) is 2.98. The summed E-state index contributed by atoms with van der Waals surface area (Å²) in [4.78, 5) is 2.61. The van der Waals surface area contributed by atoms with Gasteiger partial charge in [-0.15, -0.1) is 0 Å². The number of piperazine rings is 1. The second-order valence-electron chi connectivity index (χ2n) is 5.86. The van der Waals surface area contributed by atoms with Gasteiger partial charge in [0.25, 0.3) is 0 Å². The first-order valence-corrected chi connectivity index (χ1v) is 8.56. The van der Waals surface area contributed by atoms with Crippen molar-refractivity contribution in [2.75, 3.05) is 19.6 Å². The molecule has 1 saturated heterocycles. The first kappa shape index (κ1) is 16.0. The lowest BCUT2D eigenvalue weighted by molar-refractivity contribution is 0.113. The first-order valence-electron chi connectivity index (χ1n) is 7.77. The fourth-order valence-corrected chi connectivity index (χ4v) is 3.67. The molecule has 2 heterocycles. The summed E-state index contributed by atoms with van der Waals surface area (Å²) in [5, 5.41) is 8.23. The van der Waals surface area contributed by atoms with Crippen molar-refractivity contribution in [2.45, 2.75) is 53.2 Å². The zero-order valence-corrected chi connectivity index (χ0v) is 14.7. The van der Waals surface area contributed by atoms with Crippen LogP contribution in [-0.2, 0) is 19.5 Å². The van der Waals surface area contributed by atoms with E-state index < -0.39 is 0 Å². The summed E-state index contributed by atoms with van der Waals surface area (Å²) in [7, 11) is 0. The quantitative estimate of drug-likeness (QED) is 0.892. The Morgan fingerprint density at radius 1 is 1.40 bits per heavy atom. The number of nitrogens with zero attached hydrogens (tertiary/aromatic N) is 3. The number of hydrogen-bond acceptors (Lipinski definition) is 3. The molecule has 1 N–H and O–H groups in total. The van der Waals surface area contributed by atoms with E-state index in [0.717, 1.165) is 39.1 Å². The van der Waals surface area contributed by atoms with Crippen LogP contribution < -0.4 is 5.32 Å². The molecule has 1 aromatic heterocycles. The molecule has 0 radical (unpaired) electrons. The van der Waals surface area contributed by atoms with E-state index in [0.29, 0.717) is 12.0 Å². The van der Waals surface area contributed by atoms with Gasteiger partial charge < -0.3 is 5.32 Å². The highest BCUT2D eigenvalue weighted by atomic mass is 79.9. The number of nitrogens with one attached hydrogen (secondary N) is 1. The maximum atomic E-state index is 4.71. The minimum absolute atomic E-state index is 0.612. The van der Waals surface area contributed by atoms with Gasteiger partial charge in [-0.25, -0.2) is 0 Å².